The number of benzene rings is 2. The molecule has 0 bridgehead atoms. The Balaban J connectivity index is 1.43. The van der Waals surface area contributed by atoms with Crippen molar-refractivity contribution in [3.05, 3.63) is 71.8 Å². The maximum atomic E-state index is 14.1. The molecule has 2 saturated heterocycles. The van der Waals surface area contributed by atoms with Crippen LogP contribution >= 0.6 is 0 Å². The van der Waals surface area contributed by atoms with E-state index in [-0.39, 0.29) is 29.3 Å². The third kappa shape index (κ3) is 6.39. The summed E-state index contributed by atoms with van der Waals surface area (Å²) in [4.78, 5) is 35.5. The molecule has 1 saturated carbocycles. The zero-order valence-electron chi connectivity index (χ0n) is 22.4. The van der Waals surface area contributed by atoms with Crippen LogP contribution in [0.25, 0.3) is 0 Å². The highest BCUT2D eigenvalue weighted by Gasteiger charge is 2.47. The molecule has 2 aromatic carbocycles. The molecule has 198 valence electrons. The zero-order chi connectivity index (χ0) is 25.6. The highest BCUT2D eigenvalue weighted by atomic mass is 16.1. The molecule has 2 atom stereocenters. The molecule has 0 N–H and O–H groups in total. The van der Waals surface area contributed by atoms with Gasteiger partial charge in [0.1, 0.15) is 0 Å². The van der Waals surface area contributed by atoms with Crippen LogP contribution < -0.4 is 0 Å². The highest BCUT2D eigenvalue weighted by Crippen LogP contribution is 2.43. The van der Waals surface area contributed by atoms with Crippen LogP contribution in [0.5, 0.6) is 0 Å². The monoisotopic (exact) mass is 501 g/mol. The minimum atomic E-state index is -0.135. The van der Waals surface area contributed by atoms with Crippen LogP contribution in [0, 0.1) is 23.7 Å². The Morgan fingerprint density at radius 3 is 1.68 bits per heavy atom. The van der Waals surface area contributed by atoms with Gasteiger partial charge in [-0.2, -0.15) is 0 Å². The molecule has 2 heterocycles. The van der Waals surface area contributed by atoms with Gasteiger partial charge in [-0.25, -0.2) is 0 Å². The summed E-state index contributed by atoms with van der Waals surface area (Å²) in [5.41, 5.74) is 1.58. The lowest BCUT2D eigenvalue weighted by atomic mass is 9.63. The Morgan fingerprint density at radius 2 is 1.16 bits per heavy atom. The molecule has 5 rings (SSSR count). The van der Waals surface area contributed by atoms with Gasteiger partial charge in [0.15, 0.2) is 11.6 Å². The molecule has 0 unspecified atom stereocenters. The lowest BCUT2D eigenvalue weighted by molar-refractivity contribution is 0.0140. The summed E-state index contributed by atoms with van der Waals surface area (Å²) in [6.07, 6.45) is 5.99. The van der Waals surface area contributed by atoms with Crippen molar-refractivity contribution in [1.82, 2.24) is 14.7 Å². The van der Waals surface area contributed by atoms with E-state index >= 15 is 0 Å². The average molecular weight is 502 g/mol. The Bertz CT molecular complexity index is 951. The quantitative estimate of drug-likeness (QED) is 0.489. The van der Waals surface area contributed by atoms with Crippen molar-refractivity contribution in [3.8, 4) is 0 Å². The van der Waals surface area contributed by atoms with Crippen LogP contribution in [0.4, 0.5) is 0 Å². The van der Waals surface area contributed by atoms with Crippen molar-refractivity contribution < 1.29 is 9.59 Å². The molecule has 2 aliphatic heterocycles. The van der Waals surface area contributed by atoms with Gasteiger partial charge >= 0.3 is 0 Å². The Kier molecular flexibility index (Phi) is 8.85. The van der Waals surface area contributed by atoms with Gasteiger partial charge in [-0.3, -0.25) is 14.5 Å². The molecule has 0 spiro atoms. The van der Waals surface area contributed by atoms with Crippen LogP contribution in [0.15, 0.2) is 60.7 Å². The first-order chi connectivity index (χ1) is 18.1. The van der Waals surface area contributed by atoms with Gasteiger partial charge in [0.25, 0.3) is 0 Å². The molecule has 3 fully saturated rings. The van der Waals surface area contributed by atoms with Gasteiger partial charge in [-0.05, 0) is 18.9 Å². The van der Waals surface area contributed by atoms with E-state index in [0.717, 1.165) is 76.3 Å². The van der Waals surface area contributed by atoms with Gasteiger partial charge in [0.2, 0.25) is 0 Å². The van der Waals surface area contributed by atoms with Crippen LogP contribution in [0.1, 0.15) is 52.8 Å². The molecule has 1 aliphatic carbocycles. The fourth-order valence-electron chi connectivity index (χ4n) is 7.02. The lowest BCUT2D eigenvalue weighted by Crippen LogP contribution is -2.55. The SMILES string of the molecule is CN1CCN(CCN2C[C@H](C(=O)c3ccccc3)C(C3CCCCC3)[C@@H](C(=O)c3ccccc3)C2)CC1. The fourth-order valence-corrected chi connectivity index (χ4v) is 7.02. The van der Waals surface area contributed by atoms with E-state index in [1.807, 2.05) is 60.7 Å². The number of carbonyl (C=O) groups is 2. The third-order valence-corrected chi connectivity index (χ3v) is 9.15. The molecule has 3 aliphatic rings. The molecule has 2 aromatic rings. The number of ketones is 2. The summed E-state index contributed by atoms with van der Waals surface area (Å²) < 4.78 is 0. The van der Waals surface area contributed by atoms with Gasteiger partial charge < -0.3 is 9.80 Å². The van der Waals surface area contributed by atoms with E-state index in [0.29, 0.717) is 5.92 Å². The van der Waals surface area contributed by atoms with Crippen molar-refractivity contribution in [2.45, 2.75) is 32.1 Å². The van der Waals surface area contributed by atoms with E-state index in [1.165, 1.54) is 19.3 Å². The number of carbonyl (C=O) groups excluding carboxylic acids is 2. The number of rotatable bonds is 8. The van der Waals surface area contributed by atoms with Crippen molar-refractivity contribution in [3.63, 3.8) is 0 Å². The van der Waals surface area contributed by atoms with Crippen molar-refractivity contribution in [2.24, 2.45) is 23.7 Å². The molecule has 5 heteroatoms. The average Bonchev–Trinajstić information content (AvgIpc) is 2.97. The number of piperidine rings is 1. The topological polar surface area (TPSA) is 43.9 Å². The van der Waals surface area contributed by atoms with E-state index in [4.69, 9.17) is 0 Å². The fraction of sp³-hybridized carbons (Fsp3) is 0.562. The van der Waals surface area contributed by atoms with Crippen LogP contribution in [-0.2, 0) is 0 Å². The summed E-state index contributed by atoms with van der Waals surface area (Å²) in [5, 5.41) is 0. The largest absolute Gasteiger partial charge is 0.304 e. The standard InChI is InChI=1S/C32H43N3O2/c1-33-17-19-34(20-18-33)21-22-35-23-28(31(36)26-13-7-3-8-14-26)30(25-11-5-2-6-12-25)29(24-35)32(37)27-15-9-4-10-16-27/h3-4,7-10,13-16,25,28-30H,2,5-6,11-12,17-24H2,1H3/t28-,29-/m0/s1. The number of likely N-dealkylation sites (tertiary alicyclic amines) is 1. The minimum absolute atomic E-state index is 0.112. The second-order valence-corrected chi connectivity index (χ2v) is 11.6. The molecular formula is C32H43N3O2. The predicted octanol–water partition coefficient (Wildman–Crippen LogP) is 4.74. The predicted molar refractivity (Wildman–Crippen MR) is 149 cm³/mol. The van der Waals surface area contributed by atoms with Crippen LogP contribution in [-0.4, -0.2) is 85.7 Å². The first-order valence-electron chi connectivity index (χ1n) is 14.4. The number of Topliss-reactive ketones (excluding diaryl/α,β-unsaturated/α-hetero) is 2. The summed E-state index contributed by atoms with van der Waals surface area (Å²) >= 11 is 0. The number of piperazine rings is 1. The van der Waals surface area contributed by atoms with Crippen LogP contribution in [0.2, 0.25) is 0 Å². The number of likely N-dealkylation sites (N-methyl/N-ethyl adjacent to an activating group) is 1. The maximum absolute atomic E-state index is 14.1. The summed E-state index contributed by atoms with van der Waals surface area (Å²) in [6.45, 7) is 7.84. The molecule has 37 heavy (non-hydrogen) atoms. The van der Waals surface area contributed by atoms with Gasteiger partial charge in [-0.15, -0.1) is 0 Å². The van der Waals surface area contributed by atoms with Crippen molar-refractivity contribution >= 4 is 11.6 Å². The Hall–Kier alpha value is -2.34. The Labute approximate surface area is 222 Å². The van der Waals surface area contributed by atoms with Gasteiger partial charge in [0, 0.05) is 75.3 Å². The Morgan fingerprint density at radius 1 is 0.676 bits per heavy atom. The van der Waals surface area contributed by atoms with E-state index in [2.05, 4.69) is 21.7 Å². The third-order valence-electron chi connectivity index (χ3n) is 9.15. The summed E-state index contributed by atoms with van der Waals surface area (Å²) in [6, 6.07) is 19.6. The number of hydrogen-bond acceptors (Lipinski definition) is 5. The lowest BCUT2D eigenvalue weighted by Gasteiger charge is -2.47. The minimum Gasteiger partial charge on any atom is -0.304 e. The first-order valence-corrected chi connectivity index (χ1v) is 14.4. The second kappa shape index (κ2) is 12.5. The number of nitrogens with zero attached hydrogens (tertiary/aromatic N) is 3. The molecule has 0 aromatic heterocycles. The van der Waals surface area contributed by atoms with Crippen molar-refractivity contribution in [2.75, 3.05) is 59.4 Å². The summed E-state index contributed by atoms with van der Waals surface area (Å²) in [5.74, 6) is 0.746. The molecule has 5 nitrogen and oxygen atoms in total. The van der Waals surface area contributed by atoms with Gasteiger partial charge in [0.05, 0.1) is 0 Å². The molecule has 0 amide bonds. The van der Waals surface area contributed by atoms with E-state index in [1.54, 1.807) is 0 Å². The normalized spacial score (nSPS) is 25.2. The molecular weight excluding hydrogens is 458 g/mol. The maximum Gasteiger partial charge on any atom is 0.167 e. The van der Waals surface area contributed by atoms with E-state index in [9.17, 15) is 9.59 Å². The second-order valence-electron chi connectivity index (χ2n) is 11.6. The first kappa shape index (κ1) is 26.3. The zero-order valence-corrected chi connectivity index (χ0v) is 22.4. The van der Waals surface area contributed by atoms with Gasteiger partial charge in [-0.1, -0.05) is 92.8 Å². The molecule has 0 radical (unpaired) electrons. The van der Waals surface area contributed by atoms with E-state index < -0.39 is 0 Å². The van der Waals surface area contributed by atoms with Crippen LogP contribution in [0.3, 0.4) is 0 Å². The summed E-state index contributed by atoms with van der Waals surface area (Å²) in [7, 11) is 2.19. The van der Waals surface area contributed by atoms with Crippen molar-refractivity contribution in [1.29, 1.82) is 0 Å². The smallest absolute Gasteiger partial charge is 0.167 e. The number of hydrogen-bond donors (Lipinski definition) is 0. The highest BCUT2D eigenvalue weighted by molar-refractivity contribution is 6.01.